The maximum atomic E-state index is 6.34. The van der Waals surface area contributed by atoms with Gasteiger partial charge in [-0.1, -0.05) is 32.0 Å². The third-order valence-corrected chi connectivity index (χ3v) is 9.76. The molecule has 2 saturated carbocycles. The smallest absolute Gasteiger partial charge is 0.122 e. The van der Waals surface area contributed by atoms with E-state index in [9.17, 15) is 0 Å². The third kappa shape index (κ3) is 4.26. The second-order valence-corrected chi connectivity index (χ2v) is 12.2. The third-order valence-electron chi connectivity index (χ3n) is 9.76. The Morgan fingerprint density at radius 2 is 1.91 bits per heavy atom. The van der Waals surface area contributed by atoms with Crippen LogP contribution in [-0.4, -0.2) is 25.6 Å². The lowest BCUT2D eigenvalue weighted by Crippen LogP contribution is -2.45. The van der Waals surface area contributed by atoms with Crippen molar-refractivity contribution in [3.05, 3.63) is 58.7 Å². The number of benzene rings is 2. The Morgan fingerprint density at radius 3 is 2.68 bits per heavy atom. The monoisotopic (exact) mass is 460 g/mol. The van der Waals surface area contributed by atoms with Crippen molar-refractivity contribution < 1.29 is 4.74 Å². The van der Waals surface area contributed by atoms with E-state index in [1.165, 1.54) is 55.2 Å². The highest BCUT2D eigenvalue weighted by Crippen LogP contribution is 2.64. The summed E-state index contributed by atoms with van der Waals surface area (Å²) in [5.74, 6) is 5.00. The van der Waals surface area contributed by atoms with Crippen molar-refractivity contribution in [2.24, 2.45) is 29.1 Å². The van der Waals surface area contributed by atoms with Gasteiger partial charge in [-0.15, -0.1) is 0 Å². The quantitative estimate of drug-likeness (QED) is 0.480. The molecule has 4 unspecified atom stereocenters. The van der Waals surface area contributed by atoms with Crippen LogP contribution < -0.4 is 10.5 Å². The number of nitrogen functional groups attached to an aromatic ring is 1. The van der Waals surface area contributed by atoms with Crippen LogP contribution in [0.25, 0.3) is 0 Å². The lowest BCUT2D eigenvalue weighted by Gasteiger charge is -2.53. The normalized spacial score (nSPS) is 32.2. The van der Waals surface area contributed by atoms with Crippen molar-refractivity contribution in [3.8, 4) is 5.75 Å². The number of rotatable bonds is 6. The summed E-state index contributed by atoms with van der Waals surface area (Å²) in [6.45, 7) is 9.12. The molecule has 0 amide bonds. The van der Waals surface area contributed by atoms with Crippen LogP contribution in [-0.2, 0) is 13.0 Å². The van der Waals surface area contributed by atoms with Crippen LogP contribution >= 0.6 is 0 Å². The first kappa shape index (κ1) is 23.7. The first-order valence-electron chi connectivity index (χ1n) is 13.5. The summed E-state index contributed by atoms with van der Waals surface area (Å²) in [6.07, 6.45) is 7.85. The van der Waals surface area contributed by atoms with Crippen molar-refractivity contribution in [2.45, 2.75) is 71.8 Å². The molecule has 0 aliphatic heterocycles. The van der Waals surface area contributed by atoms with Crippen LogP contribution in [0.5, 0.6) is 5.75 Å². The predicted octanol–water partition coefficient (Wildman–Crippen LogP) is 6.83. The van der Waals surface area contributed by atoms with Crippen molar-refractivity contribution in [1.29, 1.82) is 0 Å². The number of hydrogen-bond acceptors (Lipinski definition) is 3. The molecule has 0 saturated heterocycles. The summed E-state index contributed by atoms with van der Waals surface area (Å²) in [5, 5.41) is 0. The van der Waals surface area contributed by atoms with Gasteiger partial charge in [0.2, 0.25) is 0 Å². The Kier molecular flexibility index (Phi) is 6.44. The van der Waals surface area contributed by atoms with Crippen molar-refractivity contribution >= 4 is 5.69 Å². The average Bonchev–Trinajstić information content (AvgIpc) is 3.10. The molecule has 6 atom stereocenters. The Morgan fingerprint density at radius 1 is 1.09 bits per heavy atom. The molecule has 184 valence electrons. The molecular weight excluding hydrogens is 416 g/mol. The maximum absolute atomic E-state index is 6.34. The van der Waals surface area contributed by atoms with E-state index >= 15 is 0 Å². The van der Waals surface area contributed by atoms with E-state index in [1.807, 2.05) is 0 Å². The molecule has 3 aliphatic rings. The van der Waals surface area contributed by atoms with Crippen molar-refractivity contribution in [2.75, 3.05) is 26.4 Å². The standard InChI is InChI=1S/C31H44N2O/c1-20-16-22(19-33(4)5)6-11-29(20)34-15-13-24-7-10-28-30-21(2)17-23-18-25(32)8-9-26(23)27(30)12-14-31(24,28)3/h6,8-9,11,16,18,21,24,27-28,30H,7,10,12-15,17,19,32H2,1-5H3/t21-,24-,27?,28?,30?,31?/m1/s1. The Balaban J connectivity index is 1.25. The van der Waals surface area contributed by atoms with Gasteiger partial charge in [-0.25, -0.2) is 0 Å². The molecule has 3 nitrogen and oxygen atoms in total. The average molecular weight is 461 g/mol. The highest BCUT2D eigenvalue weighted by atomic mass is 16.5. The maximum Gasteiger partial charge on any atom is 0.122 e. The summed E-state index contributed by atoms with van der Waals surface area (Å²) in [4.78, 5) is 2.21. The highest BCUT2D eigenvalue weighted by molar-refractivity contribution is 5.48. The molecule has 2 N–H and O–H groups in total. The molecule has 3 heteroatoms. The van der Waals surface area contributed by atoms with Crippen LogP contribution in [0.4, 0.5) is 5.69 Å². The van der Waals surface area contributed by atoms with E-state index < -0.39 is 0 Å². The molecule has 5 rings (SSSR count). The van der Waals surface area contributed by atoms with E-state index in [0.717, 1.165) is 54.2 Å². The van der Waals surface area contributed by atoms with Gasteiger partial charge in [0.25, 0.3) is 0 Å². The minimum absolute atomic E-state index is 0.467. The molecule has 0 radical (unpaired) electrons. The number of hydrogen-bond donors (Lipinski definition) is 1. The van der Waals surface area contributed by atoms with Gasteiger partial charge in [0, 0.05) is 12.2 Å². The second kappa shape index (κ2) is 9.22. The van der Waals surface area contributed by atoms with Gasteiger partial charge in [-0.05, 0) is 135 Å². The summed E-state index contributed by atoms with van der Waals surface area (Å²) in [6, 6.07) is 13.4. The van der Waals surface area contributed by atoms with Crippen molar-refractivity contribution in [3.63, 3.8) is 0 Å². The van der Waals surface area contributed by atoms with E-state index in [-0.39, 0.29) is 0 Å². The Hall–Kier alpha value is -2.00. The minimum atomic E-state index is 0.467. The van der Waals surface area contributed by atoms with Crippen LogP contribution in [0.3, 0.4) is 0 Å². The van der Waals surface area contributed by atoms with Gasteiger partial charge in [0.05, 0.1) is 6.61 Å². The molecule has 2 fully saturated rings. The molecule has 0 spiro atoms. The molecule has 2 aromatic rings. The van der Waals surface area contributed by atoms with Crippen LogP contribution in [0.1, 0.15) is 74.1 Å². The number of fused-ring (bicyclic) bond motifs is 5. The SMILES string of the molecule is Cc1cc(CN(C)C)ccc1OCC[C@H]1CCC2C3C(CCC21C)c1ccc(N)cc1C[C@H]3C. The topological polar surface area (TPSA) is 38.5 Å². The summed E-state index contributed by atoms with van der Waals surface area (Å²) in [7, 11) is 4.23. The van der Waals surface area contributed by atoms with Crippen molar-refractivity contribution in [1.82, 2.24) is 4.90 Å². The molecule has 2 aromatic carbocycles. The van der Waals surface area contributed by atoms with Crippen LogP contribution in [0.2, 0.25) is 0 Å². The zero-order valence-electron chi connectivity index (χ0n) is 21.9. The molecule has 3 aliphatic carbocycles. The zero-order chi connectivity index (χ0) is 24.0. The number of aryl methyl sites for hydroxylation is 1. The fourth-order valence-corrected chi connectivity index (χ4v) is 8.23. The van der Waals surface area contributed by atoms with Crippen LogP contribution in [0.15, 0.2) is 36.4 Å². The number of anilines is 1. The van der Waals surface area contributed by atoms with Gasteiger partial charge in [0.15, 0.2) is 0 Å². The van der Waals surface area contributed by atoms with Gasteiger partial charge < -0.3 is 15.4 Å². The van der Waals surface area contributed by atoms with Crippen LogP contribution in [0, 0.1) is 36.0 Å². The van der Waals surface area contributed by atoms with Gasteiger partial charge in [-0.2, -0.15) is 0 Å². The number of ether oxygens (including phenoxy) is 1. The largest absolute Gasteiger partial charge is 0.493 e. The summed E-state index contributed by atoms with van der Waals surface area (Å²) < 4.78 is 6.34. The first-order valence-corrected chi connectivity index (χ1v) is 13.5. The zero-order valence-corrected chi connectivity index (χ0v) is 21.9. The Labute approximate surface area is 207 Å². The van der Waals surface area contributed by atoms with E-state index in [2.05, 4.69) is 76.2 Å². The number of nitrogens with two attached hydrogens (primary N) is 1. The highest BCUT2D eigenvalue weighted by Gasteiger charge is 2.55. The molecule has 34 heavy (non-hydrogen) atoms. The lowest BCUT2D eigenvalue weighted by molar-refractivity contribution is 0.000946. The lowest BCUT2D eigenvalue weighted by atomic mass is 9.51. The number of nitrogens with zero attached hydrogens (tertiary/aromatic N) is 1. The molecule has 0 heterocycles. The molecule has 0 bridgehead atoms. The van der Waals surface area contributed by atoms with E-state index in [0.29, 0.717) is 5.41 Å². The fourth-order valence-electron chi connectivity index (χ4n) is 8.23. The van der Waals surface area contributed by atoms with Gasteiger partial charge >= 0.3 is 0 Å². The van der Waals surface area contributed by atoms with Gasteiger partial charge in [-0.3, -0.25) is 0 Å². The molecule has 0 aromatic heterocycles. The molecular formula is C31H44N2O. The fraction of sp³-hybridized carbons (Fsp3) is 0.613. The second-order valence-electron chi connectivity index (χ2n) is 12.2. The predicted molar refractivity (Wildman–Crippen MR) is 142 cm³/mol. The Bertz CT molecular complexity index is 1030. The summed E-state index contributed by atoms with van der Waals surface area (Å²) in [5.41, 5.74) is 13.3. The summed E-state index contributed by atoms with van der Waals surface area (Å²) >= 11 is 0. The van der Waals surface area contributed by atoms with E-state index in [1.54, 1.807) is 5.56 Å². The minimum Gasteiger partial charge on any atom is -0.493 e. The van der Waals surface area contributed by atoms with Gasteiger partial charge in [0.1, 0.15) is 5.75 Å². The van der Waals surface area contributed by atoms with E-state index in [4.69, 9.17) is 10.5 Å². The first-order chi connectivity index (χ1) is 16.3.